The first-order valence-electron chi connectivity index (χ1n) is 6.26. The minimum atomic E-state index is -0.278. The van der Waals surface area contributed by atoms with E-state index < -0.39 is 0 Å². The van der Waals surface area contributed by atoms with E-state index in [1.807, 2.05) is 0 Å². The monoisotopic (exact) mass is 301 g/mol. The Morgan fingerprint density at radius 3 is 2.57 bits per heavy atom. The van der Waals surface area contributed by atoms with Crippen molar-refractivity contribution in [3.8, 4) is 5.75 Å². The van der Waals surface area contributed by atoms with Crippen molar-refractivity contribution in [1.29, 1.82) is 0 Å². The van der Waals surface area contributed by atoms with Crippen LogP contribution in [0.2, 0.25) is 5.02 Å². The van der Waals surface area contributed by atoms with Crippen molar-refractivity contribution in [2.24, 2.45) is 0 Å². The third kappa shape index (κ3) is 2.34. The van der Waals surface area contributed by atoms with Crippen molar-refractivity contribution in [3.63, 3.8) is 0 Å². The molecule has 4 nitrogen and oxygen atoms in total. The van der Waals surface area contributed by atoms with Crippen LogP contribution in [0.15, 0.2) is 46.9 Å². The number of ether oxygens (including phenoxy) is 1. The van der Waals surface area contributed by atoms with E-state index in [1.165, 1.54) is 0 Å². The molecule has 2 N–H and O–H groups in total. The van der Waals surface area contributed by atoms with Gasteiger partial charge in [0, 0.05) is 16.0 Å². The lowest BCUT2D eigenvalue weighted by atomic mass is 10.1. The molecule has 0 atom stereocenters. The summed E-state index contributed by atoms with van der Waals surface area (Å²) in [4.78, 5) is 12.5. The number of anilines is 1. The van der Waals surface area contributed by atoms with Gasteiger partial charge in [0.1, 0.15) is 11.3 Å². The van der Waals surface area contributed by atoms with Gasteiger partial charge in [-0.25, -0.2) is 0 Å². The highest BCUT2D eigenvalue weighted by molar-refractivity contribution is 6.30. The first-order chi connectivity index (χ1) is 10.1. The molecule has 3 rings (SSSR count). The predicted molar refractivity (Wildman–Crippen MR) is 82.1 cm³/mol. The number of fused-ring (bicyclic) bond motifs is 1. The first kappa shape index (κ1) is 13.5. The third-order valence-electron chi connectivity index (χ3n) is 3.25. The average Bonchev–Trinajstić information content (AvgIpc) is 2.84. The summed E-state index contributed by atoms with van der Waals surface area (Å²) in [5, 5.41) is 1.22. The molecular formula is C16H12ClNO3. The van der Waals surface area contributed by atoms with Crippen molar-refractivity contribution in [2.45, 2.75) is 0 Å². The van der Waals surface area contributed by atoms with Gasteiger partial charge < -0.3 is 14.9 Å². The molecule has 106 valence electrons. The second-order valence-electron chi connectivity index (χ2n) is 4.54. The highest BCUT2D eigenvalue weighted by atomic mass is 35.5. The maximum Gasteiger partial charge on any atom is 0.230 e. The fourth-order valence-electron chi connectivity index (χ4n) is 2.12. The van der Waals surface area contributed by atoms with Crippen molar-refractivity contribution in [2.75, 3.05) is 12.8 Å². The topological polar surface area (TPSA) is 65.5 Å². The quantitative estimate of drug-likeness (QED) is 0.745. The van der Waals surface area contributed by atoms with E-state index >= 15 is 0 Å². The van der Waals surface area contributed by atoms with Crippen molar-refractivity contribution >= 4 is 34.0 Å². The minimum Gasteiger partial charge on any atom is -0.497 e. The number of hydrogen-bond acceptors (Lipinski definition) is 4. The second kappa shape index (κ2) is 5.14. The van der Waals surface area contributed by atoms with Gasteiger partial charge >= 0.3 is 0 Å². The Bertz CT molecular complexity index is 821. The molecule has 2 aromatic carbocycles. The lowest BCUT2D eigenvalue weighted by Gasteiger charge is -1.99. The predicted octanol–water partition coefficient (Wildman–Crippen LogP) is 3.91. The zero-order valence-corrected chi connectivity index (χ0v) is 12.0. The van der Waals surface area contributed by atoms with Crippen molar-refractivity contribution < 1.29 is 13.9 Å². The van der Waals surface area contributed by atoms with E-state index in [0.29, 0.717) is 33.0 Å². The molecule has 0 bridgehead atoms. The van der Waals surface area contributed by atoms with Crippen LogP contribution >= 0.6 is 11.6 Å². The van der Waals surface area contributed by atoms with Gasteiger partial charge in [-0.1, -0.05) is 11.6 Å². The van der Waals surface area contributed by atoms with E-state index in [4.69, 9.17) is 26.5 Å². The number of rotatable bonds is 3. The molecule has 0 radical (unpaired) electrons. The third-order valence-corrected chi connectivity index (χ3v) is 3.50. The molecule has 0 unspecified atom stereocenters. The minimum absolute atomic E-state index is 0.126. The molecule has 1 heterocycles. The number of nitrogen functional groups attached to an aromatic ring is 1. The Morgan fingerprint density at radius 2 is 1.90 bits per heavy atom. The van der Waals surface area contributed by atoms with Gasteiger partial charge in [-0.15, -0.1) is 0 Å². The summed E-state index contributed by atoms with van der Waals surface area (Å²) in [6.45, 7) is 0. The van der Waals surface area contributed by atoms with Crippen LogP contribution < -0.4 is 10.5 Å². The summed E-state index contributed by atoms with van der Waals surface area (Å²) in [5.74, 6) is 0.500. The molecule has 0 spiro atoms. The first-order valence-corrected chi connectivity index (χ1v) is 6.64. The molecule has 0 saturated heterocycles. The molecule has 21 heavy (non-hydrogen) atoms. The summed E-state index contributed by atoms with van der Waals surface area (Å²) < 4.78 is 10.7. The van der Waals surface area contributed by atoms with Crippen LogP contribution in [0.25, 0.3) is 11.0 Å². The molecule has 0 aliphatic rings. The summed E-state index contributed by atoms with van der Waals surface area (Å²) in [6, 6.07) is 11.8. The Kier molecular flexibility index (Phi) is 3.31. The van der Waals surface area contributed by atoms with Gasteiger partial charge in [-0.3, -0.25) is 4.79 Å². The number of hydrogen-bond donors (Lipinski definition) is 1. The summed E-state index contributed by atoms with van der Waals surface area (Å²) in [5.41, 5.74) is 7.36. The van der Waals surface area contributed by atoms with Crippen molar-refractivity contribution in [3.05, 3.63) is 58.8 Å². The molecular weight excluding hydrogens is 290 g/mol. The molecule has 1 aromatic heterocycles. The van der Waals surface area contributed by atoms with Crippen LogP contribution in [0, 0.1) is 0 Å². The van der Waals surface area contributed by atoms with Gasteiger partial charge in [0.25, 0.3) is 0 Å². The lowest BCUT2D eigenvalue weighted by molar-refractivity contribution is 0.101. The van der Waals surface area contributed by atoms with Crippen molar-refractivity contribution in [1.82, 2.24) is 0 Å². The molecule has 0 saturated carbocycles. The van der Waals surface area contributed by atoms with Gasteiger partial charge in [-0.05, 0) is 42.5 Å². The van der Waals surface area contributed by atoms with Gasteiger partial charge in [0.15, 0.2) is 5.76 Å². The fourth-order valence-corrected chi connectivity index (χ4v) is 2.25. The summed E-state index contributed by atoms with van der Waals surface area (Å²) in [7, 11) is 1.57. The average molecular weight is 302 g/mol. The number of nitrogens with two attached hydrogens (primary N) is 1. The molecule has 5 heteroatoms. The molecule has 0 fully saturated rings. The number of halogens is 1. The maximum atomic E-state index is 12.5. The van der Waals surface area contributed by atoms with E-state index in [0.717, 1.165) is 0 Å². The van der Waals surface area contributed by atoms with Gasteiger partial charge in [-0.2, -0.15) is 0 Å². The highest BCUT2D eigenvalue weighted by Crippen LogP contribution is 2.32. The van der Waals surface area contributed by atoms with Crippen LogP contribution in [0.3, 0.4) is 0 Å². The van der Waals surface area contributed by atoms with Gasteiger partial charge in [0.05, 0.1) is 12.8 Å². The Morgan fingerprint density at radius 1 is 1.19 bits per heavy atom. The lowest BCUT2D eigenvalue weighted by Crippen LogP contribution is -2.02. The Balaban J connectivity index is 2.09. The zero-order valence-electron chi connectivity index (χ0n) is 11.2. The normalized spacial score (nSPS) is 10.8. The number of benzene rings is 2. The fraction of sp³-hybridized carbons (Fsp3) is 0.0625. The SMILES string of the molecule is COc1ccc2oc(C(=O)c3ccc(Cl)cc3)c(N)c2c1. The van der Waals surface area contributed by atoms with Crippen LogP contribution in [0.5, 0.6) is 5.75 Å². The van der Waals surface area contributed by atoms with Gasteiger partial charge in [0.2, 0.25) is 5.78 Å². The zero-order chi connectivity index (χ0) is 15.0. The molecule has 0 amide bonds. The van der Waals surface area contributed by atoms with Crippen LogP contribution in [-0.2, 0) is 0 Å². The van der Waals surface area contributed by atoms with E-state index in [2.05, 4.69) is 0 Å². The Hall–Kier alpha value is -2.46. The summed E-state index contributed by atoms with van der Waals surface area (Å²) in [6.07, 6.45) is 0. The number of methoxy groups -OCH3 is 1. The van der Waals surface area contributed by atoms with E-state index in [1.54, 1.807) is 49.6 Å². The largest absolute Gasteiger partial charge is 0.497 e. The Labute approximate surface area is 126 Å². The van der Waals surface area contributed by atoms with E-state index in [9.17, 15) is 4.79 Å². The van der Waals surface area contributed by atoms with Crippen LogP contribution in [0.4, 0.5) is 5.69 Å². The number of furan rings is 1. The molecule has 3 aromatic rings. The molecule has 0 aliphatic carbocycles. The number of carbonyl (C=O) groups is 1. The smallest absolute Gasteiger partial charge is 0.230 e. The van der Waals surface area contributed by atoms with E-state index in [-0.39, 0.29) is 11.5 Å². The standard InChI is InChI=1S/C16H12ClNO3/c1-20-11-6-7-13-12(8-11)14(18)16(21-13)15(19)9-2-4-10(17)5-3-9/h2-8H,18H2,1H3. The number of carbonyl (C=O) groups excluding carboxylic acids is 1. The molecule has 0 aliphatic heterocycles. The summed E-state index contributed by atoms with van der Waals surface area (Å²) >= 11 is 5.82. The van der Waals surface area contributed by atoms with Crippen LogP contribution in [-0.4, -0.2) is 12.9 Å². The highest BCUT2D eigenvalue weighted by Gasteiger charge is 2.20. The van der Waals surface area contributed by atoms with Crippen LogP contribution in [0.1, 0.15) is 16.1 Å². The number of ketones is 1. The maximum absolute atomic E-state index is 12.5. The second-order valence-corrected chi connectivity index (χ2v) is 4.98.